The van der Waals surface area contributed by atoms with Crippen molar-refractivity contribution in [2.75, 3.05) is 18.2 Å². The van der Waals surface area contributed by atoms with Crippen molar-refractivity contribution in [3.05, 3.63) is 24.7 Å². The van der Waals surface area contributed by atoms with Crippen LogP contribution >= 0.6 is 11.8 Å². The van der Waals surface area contributed by atoms with Crippen molar-refractivity contribution in [2.45, 2.75) is 23.6 Å². The fourth-order valence-corrected chi connectivity index (χ4v) is 3.08. The van der Waals surface area contributed by atoms with Crippen LogP contribution in [0.25, 0.3) is 11.2 Å². The zero-order valence-corrected chi connectivity index (χ0v) is 14.7. The van der Waals surface area contributed by atoms with E-state index in [1.54, 1.807) is 39.3 Å². The highest BCUT2D eigenvalue weighted by atomic mass is 32.2. The number of imidazole rings is 1. The largest absolute Gasteiger partial charge is 0.497 e. The fraction of sp³-hybridized carbons (Fsp3) is 0.267. The van der Waals surface area contributed by atoms with Gasteiger partial charge in [-0.2, -0.15) is 4.98 Å². The molecule has 0 radical (unpaired) electrons. The van der Waals surface area contributed by atoms with Gasteiger partial charge in [0.25, 0.3) is 0 Å². The summed E-state index contributed by atoms with van der Waals surface area (Å²) in [5.74, 6) is 0.890. The molecule has 3 rings (SSSR count). The number of nitrogens with zero attached hydrogens (tertiary/aromatic N) is 4. The third-order valence-electron chi connectivity index (χ3n) is 3.38. The Balaban J connectivity index is 1.82. The van der Waals surface area contributed by atoms with Crippen molar-refractivity contribution < 1.29 is 9.53 Å². The van der Waals surface area contributed by atoms with E-state index < -0.39 is 4.75 Å². The number of H-pyrrole nitrogens is 1. The second-order valence-corrected chi connectivity index (χ2v) is 7.25. The predicted molar refractivity (Wildman–Crippen MR) is 95.5 cm³/mol. The standard InChI is InChI=1S/C15H17N7O2S/c1-15(2,13(23)20-9-6-8(24-3)4-5-17-9)25-12-10-11(19-7-18-10)21-14(16)22-12/h4-7H,1-3H3,(H,17,20,23)(H3,16,18,19,21,22). The lowest BCUT2D eigenvalue weighted by atomic mass is 10.2. The van der Waals surface area contributed by atoms with Crippen LogP contribution in [0, 0.1) is 0 Å². The number of nitrogens with one attached hydrogen (secondary N) is 2. The van der Waals surface area contributed by atoms with Gasteiger partial charge in [0.05, 0.1) is 18.2 Å². The molecular formula is C15H17N7O2S. The normalized spacial score (nSPS) is 11.5. The minimum Gasteiger partial charge on any atom is -0.497 e. The van der Waals surface area contributed by atoms with Gasteiger partial charge in [-0.05, 0) is 19.9 Å². The van der Waals surface area contributed by atoms with E-state index in [1.807, 2.05) is 0 Å². The molecule has 0 saturated carbocycles. The van der Waals surface area contributed by atoms with Crippen molar-refractivity contribution in [2.24, 2.45) is 0 Å². The van der Waals surface area contributed by atoms with Gasteiger partial charge in [0.2, 0.25) is 11.9 Å². The maximum absolute atomic E-state index is 12.7. The molecule has 0 unspecified atom stereocenters. The minimum atomic E-state index is -0.844. The van der Waals surface area contributed by atoms with Crippen LogP contribution in [-0.2, 0) is 4.79 Å². The summed E-state index contributed by atoms with van der Waals surface area (Å²) in [5, 5.41) is 3.34. The average Bonchev–Trinajstić information content (AvgIpc) is 3.03. The summed E-state index contributed by atoms with van der Waals surface area (Å²) in [4.78, 5) is 32.1. The molecule has 130 valence electrons. The number of thioether (sulfide) groups is 1. The van der Waals surface area contributed by atoms with Gasteiger partial charge in [0.1, 0.15) is 22.1 Å². The molecule has 0 spiro atoms. The number of hydrogen-bond acceptors (Lipinski definition) is 8. The van der Waals surface area contributed by atoms with Crippen LogP contribution < -0.4 is 15.8 Å². The van der Waals surface area contributed by atoms with Crippen LogP contribution in [-0.4, -0.2) is 42.7 Å². The Morgan fingerprint density at radius 1 is 1.36 bits per heavy atom. The highest BCUT2D eigenvalue weighted by Gasteiger charge is 2.31. The van der Waals surface area contributed by atoms with Gasteiger partial charge in [-0.25, -0.2) is 15.0 Å². The van der Waals surface area contributed by atoms with Crippen LogP contribution in [0.5, 0.6) is 5.75 Å². The zero-order chi connectivity index (χ0) is 18.0. The minimum absolute atomic E-state index is 0.104. The van der Waals surface area contributed by atoms with E-state index in [0.717, 1.165) is 0 Å². The number of rotatable bonds is 5. The number of aromatic nitrogens is 5. The van der Waals surface area contributed by atoms with E-state index in [0.29, 0.717) is 27.8 Å². The van der Waals surface area contributed by atoms with Crippen molar-refractivity contribution in [1.82, 2.24) is 24.9 Å². The Morgan fingerprint density at radius 2 is 2.16 bits per heavy atom. The summed E-state index contributed by atoms with van der Waals surface area (Å²) in [5.41, 5.74) is 6.82. The fourth-order valence-electron chi connectivity index (χ4n) is 2.06. The lowest BCUT2D eigenvalue weighted by molar-refractivity contribution is -0.117. The van der Waals surface area contributed by atoms with Gasteiger partial charge in [-0.1, -0.05) is 11.8 Å². The van der Waals surface area contributed by atoms with Crippen molar-refractivity contribution >= 4 is 40.6 Å². The molecule has 0 bridgehead atoms. The van der Waals surface area contributed by atoms with Crippen LogP contribution in [0.3, 0.4) is 0 Å². The monoisotopic (exact) mass is 359 g/mol. The lowest BCUT2D eigenvalue weighted by Crippen LogP contribution is -2.34. The maximum atomic E-state index is 12.7. The number of hydrogen-bond donors (Lipinski definition) is 3. The zero-order valence-electron chi connectivity index (χ0n) is 13.9. The molecule has 4 N–H and O–H groups in total. The molecule has 0 saturated heterocycles. The summed E-state index contributed by atoms with van der Waals surface area (Å²) in [6.45, 7) is 3.57. The molecule has 10 heteroatoms. The number of nitrogens with two attached hydrogens (primary N) is 1. The lowest BCUT2D eigenvalue weighted by Gasteiger charge is -2.22. The van der Waals surface area contributed by atoms with Crippen LogP contribution in [0.1, 0.15) is 13.8 Å². The highest BCUT2D eigenvalue weighted by Crippen LogP contribution is 2.35. The van der Waals surface area contributed by atoms with Crippen molar-refractivity contribution in [3.63, 3.8) is 0 Å². The quantitative estimate of drug-likeness (QED) is 0.464. The number of amides is 1. The van der Waals surface area contributed by atoms with Crippen LogP contribution in [0.15, 0.2) is 29.7 Å². The molecule has 9 nitrogen and oxygen atoms in total. The number of carbonyl (C=O) groups is 1. The number of ether oxygens (including phenoxy) is 1. The van der Waals surface area contributed by atoms with Crippen LogP contribution in [0.4, 0.5) is 11.8 Å². The molecule has 0 aliphatic heterocycles. The SMILES string of the molecule is COc1ccnc(NC(=O)C(C)(C)Sc2nc(N)nc3nc[nH]c23)c1. The number of fused-ring (bicyclic) bond motifs is 1. The smallest absolute Gasteiger partial charge is 0.241 e. The van der Waals surface area contributed by atoms with Gasteiger partial charge in [-0.15, -0.1) is 0 Å². The van der Waals surface area contributed by atoms with E-state index in [2.05, 4.69) is 30.2 Å². The number of methoxy groups -OCH3 is 1. The van der Waals surface area contributed by atoms with E-state index >= 15 is 0 Å². The van der Waals surface area contributed by atoms with Gasteiger partial charge in [0, 0.05) is 12.3 Å². The molecule has 3 aromatic heterocycles. The van der Waals surface area contributed by atoms with Gasteiger partial charge in [-0.3, -0.25) is 4.79 Å². The molecule has 3 heterocycles. The molecule has 0 atom stereocenters. The predicted octanol–water partition coefficient (Wildman–Crippen LogP) is 1.85. The molecule has 1 amide bonds. The Labute approximate surface area is 147 Å². The molecule has 3 aromatic rings. The summed E-state index contributed by atoms with van der Waals surface area (Å²) in [6, 6.07) is 3.35. The molecular weight excluding hydrogens is 342 g/mol. The average molecular weight is 359 g/mol. The number of pyridine rings is 1. The van der Waals surface area contributed by atoms with E-state index in [-0.39, 0.29) is 11.9 Å². The first kappa shape index (κ1) is 17.0. The third kappa shape index (κ3) is 3.63. The molecule has 0 aromatic carbocycles. The number of carbonyl (C=O) groups excluding carboxylic acids is 1. The summed E-state index contributed by atoms with van der Waals surface area (Å²) < 4.78 is 4.29. The maximum Gasteiger partial charge on any atom is 0.241 e. The number of nitrogen functional groups attached to an aromatic ring is 1. The van der Waals surface area contributed by atoms with Gasteiger partial charge < -0.3 is 20.8 Å². The first-order chi connectivity index (χ1) is 11.9. The first-order valence-corrected chi connectivity index (χ1v) is 8.18. The molecule has 0 aliphatic rings. The van der Waals surface area contributed by atoms with E-state index in [1.165, 1.54) is 18.1 Å². The van der Waals surface area contributed by atoms with E-state index in [9.17, 15) is 4.79 Å². The van der Waals surface area contributed by atoms with Crippen molar-refractivity contribution in [3.8, 4) is 5.75 Å². The molecule has 0 fully saturated rings. The van der Waals surface area contributed by atoms with E-state index in [4.69, 9.17) is 10.5 Å². The summed E-state index contributed by atoms with van der Waals surface area (Å²) >= 11 is 1.26. The molecule has 0 aliphatic carbocycles. The Morgan fingerprint density at radius 3 is 2.92 bits per heavy atom. The summed E-state index contributed by atoms with van der Waals surface area (Å²) in [6.07, 6.45) is 3.07. The third-order valence-corrected chi connectivity index (χ3v) is 4.56. The van der Waals surface area contributed by atoms with Crippen molar-refractivity contribution in [1.29, 1.82) is 0 Å². The Kier molecular flexibility index (Phi) is 4.45. The summed E-state index contributed by atoms with van der Waals surface area (Å²) in [7, 11) is 1.55. The topological polar surface area (TPSA) is 132 Å². The number of anilines is 2. The first-order valence-electron chi connectivity index (χ1n) is 7.36. The highest BCUT2D eigenvalue weighted by molar-refractivity contribution is 8.01. The van der Waals surface area contributed by atoms with Crippen LogP contribution in [0.2, 0.25) is 0 Å². The second-order valence-electron chi connectivity index (χ2n) is 5.64. The van der Waals surface area contributed by atoms with Gasteiger partial charge in [0.15, 0.2) is 5.65 Å². The van der Waals surface area contributed by atoms with Gasteiger partial charge >= 0.3 is 0 Å². The Bertz CT molecular complexity index is 925. The molecule has 25 heavy (non-hydrogen) atoms. The second kappa shape index (κ2) is 6.55. The Hall–Kier alpha value is -2.88. The number of aromatic amines is 1.